The lowest BCUT2D eigenvalue weighted by atomic mass is 9.45. The molecule has 0 bridgehead atoms. The van der Waals surface area contributed by atoms with Gasteiger partial charge < -0.3 is 5.11 Å². The molecular formula is C22H23BrO3. The van der Waals surface area contributed by atoms with Crippen LogP contribution in [0.25, 0.3) is 0 Å². The first kappa shape index (κ1) is 18.8. The second-order valence-electron chi connectivity index (χ2n) is 7.69. The molecule has 0 heterocycles. The Bertz CT molecular complexity index is 908. The Kier molecular flexibility index (Phi) is 4.39. The zero-order valence-corrected chi connectivity index (χ0v) is 17.1. The Morgan fingerprint density at radius 1 is 1.19 bits per heavy atom. The van der Waals surface area contributed by atoms with Gasteiger partial charge in [-0.3, -0.25) is 9.59 Å². The van der Waals surface area contributed by atoms with Crippen molar-refractivity contribution in [2.24, 2.45) is 10.8 Å². The molecule has 1 aromatic carbocycles. The lowest BCUT2D eigenvalue weighted by Crippen LogP contribution is -2.57. The van der Waals surface area contributed by atoms with Gasteiger partial charge in [0.25, 0.3) is 0 Å². The lowest BCUT2D eigenvalue weighted by Gasteiger charge is -2.54. The highest BCUT2D eigenvalue weighted by Gasteiger charge is 2.63. The van der Waals surface area contributed by atoms with Crippen molar-refractivity contribution in [2.45, 2.75) is 40.0 Å². The standard InChI is InChI=1S/C22H23BrO3/c1-6-14-9-10-21(4)19(25)12(2)13(3)20(26)22(21,5)18(14)16-11-15(23)7-8-17(16)24/h6-9,11,18,24H,1,10H2,2-5H3. The molecule has 3 rings (SSSR count). The maximum absolute atomic E-state index is 13.5. The van der Waals surface area contributed by atoms with Gasteiger partial charge in [0.05, 0.1) is 5.41 Å². The fourth-order valence-corrected chi connectivity index (χ4v) is 4.99. The molecule has 1 aromatic rings. The van der Waals surface area contributed by atoms with E-state index >= 15 is 0 Å². The molecule has 0 saturated carbocycles. The maximum atomic E-state index is 13.5. The van der Waals surface area contributed by atoms with Gasteiger partial charge in [-0.05, 0) is 55.2 Å². The van der Waals surface area contributed by atoms with E-state index in [1.807, 2.05) is 26.0 Å². The van der Waals surface area contributed by atoms with Gasteiger partial charge in [-0.25, -0.2) is 0 Å². The van der Waals surface area contributed by atoms with E-state index in [9.17, 15) is 14.7 Å². The summed E-state index contributed by atoms with van der Waals surface area (Å²) < 4.78 is 0.808. The number of ketones is 2. The number of aromatic hydroxyl groups is 1. The smallest absolute Gasteiger partial charge is 0.166 e. The average molecular weight is 415 g/mol. The Morgan fingerprint density at radius 2 is 1.81 bits per heavy atom. The zero-order valence-electron chi connectivity index (χ0n) is 15.5. The highest BCUT2D eigenvalue weighted by molar-refractivity contribution is 9.10. The topological polar surface area (TPSA) is 54.4 Å². The quantitative estimate of drug-likeness (QED) is 0.718. The predicted octanol–water partition coefficient (Wildman–Crippen LogP) is 5.26. The number of fused-ring (bicyclic) bond motifs is 1. The number of Topliss-reactive ketones (excluding diaryl/α,β-unsaturated/α-hetero) is 2. The minimum Gasteiger partial charge on any atom is -0.508 e. The van der Waals surface area contributed by atoms with Crippen LogP contribution in [0, 0.1) is 10.8 Å². The van der Waals surface area contributed by atoms with E-state index in [4.69, 9.17) is 0 Å². The van der Waals surface area contributed by atoms with Crippen LogP contribution in [0.3, 0.4) is 0 Å². The first-order chi connectivity index (χ1) is 12.1. The molecule has 0 aromatic heterocycles. The SMILES string of the molecule is C=CC1=CCC2(C)C(=O)C(C)=C(C)C(=O)C2(C)C1c1cc(Br)ccc1O. The van der Waals surface area contributed by atoms with Gasteiger partial charge in [0.15, 0.2) is 11.6 Å². The predicted molar refractivity (Wildman–Crippen MR) is 106 cm³/mol. The van der Waals surface area contributed by atoms with E-state index in [0.29, 0.717) is 23.1 Å². The number of allylic oxidation sites excluding steroid dienone is 5. The number of benzene rings is 1. The van der Waals surface area contributed by atoms with Gasteiger partial charge in [-0.2, -0.15) is 0 Å². The van der Waals surface area contributed by atoms with Gasteiger partial charge in [-0.1, -0.05) is 48.5 Å². The van der Waals surface area contributed by atoms with E-state index in [2.05, 4.69) is 22.5 Å². The molecule has 0 radical (unpaired) electrons. The molecule has 3 unspecified atom stereocenters. The maximum Gasteiger partial charge on any atom is 0.166 e. The number of carbonyl (C=O) groups is 2. The first-order valence-corrected chi connectivity index (χ1v) is 9.47. The molecule has 1 N–H and O–H groups in total. The Labute approximate surface area is 162 Å². The molecule has 2 aliphatic rings. The van der Waals surface area contributed by atoms with E-state index < -0.39 is 16.7 Å². The summed E-state index contributed by atoms with van der Waals surface area (Å²) in [5, 5.41) is 10.6. The first-order valence-electron chi connectivity index (χ1n) is 8.67. The van der Waals surface area contributed by atoms with Gasteiger partial charge in [-0.15, -0.1) is 0 Å². The summed E-state index contributed by atoms with van der Waals surface area (Å²) in [6, 6.07) is 5.19. The second-order valence-corrected chi connectivity index (χ2v) is 8.61. The fraction of sp³-hybridized carbons (Fsp3) is 0.364. The number of rotatable bonds is 2. The molecule has 0 aliphatic heterocycles. The van der Waals surface area contributed by atoms with Crippen LogP contribution in [-0.2, 0) is 9.59 Å². The Morgan fingerprint density at radius 3 is 2.42 bits per heavy atom. The summed E-state index contributed by atoms with van der Waals surface area (Å²) in [6.07, 6.45) is 4.19. The molecule has 3 nitrogen and oxygen atoms in total. The molecule has 26 heavy (non-hydrogen) atoms. The van der Waals surface area contributed by atoms with Crippen molar-refractivity contribution in [2.75, 3.05) is 0 Å². The summed E-state index contributed by atoms with van der Waals surface area (Å²) in [5.41, 5.74) is 0.700. The van der Waals surface area contributed by atoms with Crippen molar-refractivity contribution in [1.29, 1.82) is 0 Å². The summed E-state index contributed by atoms with van der Waals surface area (Å²) in [6.45, 7) is 11.1. The number of carbonyl (C=O) groups excluding carboxylic acids is 2. The second kappa shape index (κ2) is 6.05. The Hall–Kier alpha value is -1.94. The van der Waals surface area contributed by atoms with Crippen molar-refractivity contribution < 1.29 is 14.7 Å². The van der Waals surface area contributed by atoms with Crippen molar-refractivity contribution in [3.05, 3.63) is 63.7 Å². The number of phenolic OH excluding ortho intramolecular Hbond substituents is 1. The van der Waals surface area contributed by atoms with E-state index in [0.717, 1.165) is 10.0 Å². The third-order valence-electron chi connectivity index (χ3n) is 6.56. The molecule has 2 aliphatic carbocycles. The van der Waals surface area contributed by atoms with Gasteiger partial charge in [0.1, 0.15) is 5.75 Å². The zero-order chi connectivity index (χ0) is 19.4. The van der Waals surface area contributed by atoms with Crippen LogP contribution in [0.4, 0.5) is 0 Å². The fourth-order valence-electron chi connectivity index (χ4n) is 4.61. The molecular weight excluding hydrogens is 392 g/mol. The van der Waals surface area contributed by atoms with Crippen molar-refractivity contribution in [3.63, 3.8) is 0 Å². The summed E-state index contributed by atoms with van der Waals surface area (Å²) in [4.78, 5) is 26.7. The highest BCUT2D eigenvalue weighted by Crippen LogP contribution is 2.62. The number of hydrogen-bond donors (Lipinski definition) is 1. The average Bonchev–Trinajstić information content (AvgIpc) is 2.62. The van der Waals surface area contributed by atoms with Crippen LogP contribution >= 0.6 is 15.9 Å². The normalized spacial score (nSPS) is 31.6. The van der Waals surface area contributed by atoms with Crippen LogP contribution in [0.2, 0.25) is 0 Å². The number of halogens is 1. The summed E-state index contributed by atoms with van der Waals surface area (Å²) in [7, 11) is 0. The summed E-state index contributed by atoms with van der Waals surface area (Å²) in [5.74, 6) is -0.360. The van der Waals surface area contributed by atoms with E-state index in [1.54, 1.807) is 32.1 Å². The largest absolute Gasteiger partial charge is 0.508 e. The highest BCUT2D eigenvalue weighted by atomic mass is 79.9. The number of phenols is 1. The van der Waals surface area contributed by atoms with Crippen LogP contribution < -0.4 is 0 Å². The molecule has 136 valence electrons. The molecule has 0 spiro atoms. The molecule has 0 saturated heterocycles. The van der Waals surface area contributed by atoms with Gasteiger partial charge in [0, 0.05) is 21.4 Å². The van der Waals surface area contributed by atoms with E-state index in [1.165, 1.54) is 0 Å². The molecule has 3 atom stereocenters. The third-order valence-corrected chi connectivity index (χ3v) is 7.05. The van der Waals surface area contributed by atoms with Crippen LogP contribution in [0.15, 0.2) is 58.1 Å². The van der Waals surface area contributed by atoms with Crippen molar-refractivity contribution in [3.8, 4) is 5.75 Å². The van der Waals surface area contributed by atoms with Crippen molar-refractivity contribution >= 4 is 27.5 Å². The third kappa shape index (κ3) is 2.24. The molecule has 0 amide bonds. The van der Waals surface area contributed by atoms with Crippen LogP contribution in [0.5, 0.6) is 5.75 Å². The van der Waals surface area contributed by atoms with E-state index in [-0.39, 0.29) is 17.3 Å². The monoisotopic (exact) mass is 414 g/mol. The van der Waals surface area contributed by atoms with Crippen LogP contribution in [0.1, 0.15) is 45.6 Å². The lowest BCUT2D eigenvalue weighted by molar-refractivity contribution is -0.147. The molecule has 4 heteroatoms. The van der Waals surface area contributed by atoms with Gasteiger partial charge in [0.2, 0.25) is 0 Å². The minimum atomic E-state index is -0.996. The minimum absolute atomic E-state index is 0.0101. The van der Waals surface area contributed by atoms with Crippen molar-refractivity contribution in [1.82, 2.24) is 0 Å². The van der Waals surface area contributed by atoms with Crippen LogP contribution in [-0.4, -0.2) is 16.7 Å². The molecule has 0 fully saturated rings. The Balaban J connectivity index is 2.38. The van der Waals surface area contributed by atoms with Gasteiger partial charge >= 0.3 is 0 Å². The number of hydrogen-bond acceptors (Lipinski definition) is 3. The summed E-state index contributed by atoms with van der Waals surface area (Å²) >= 11 is 3.45.